The van der Waals surface area contributed by atoms with E-state index >= 15 is 0 Å². The van der Waals surface area contributed by atoms with Gasteiger partial charge in [-0.05, 0) is 76.4 Å². The van der Waals surface area contributed by atoms with E-state index < -0.39 is 7.92 Å². The minimum atomic E-state index is -0.430. The van der Waals surface area contributed by atoms with Crippen molar-refractivity contribution in [3.05, 3.63) is 78.9 Å². The minimum Gasteiger partial charge on any atom is -0.347 e. The summed E-state index contributed by atoms with van der Waals surface area (Å²) in [6, 6.07) is 29.7. The molecule has 0 aromatic heterocycles. The Morgan fingerprint density at radius 1 is 0.525 bits per heavy atom. The summed E-state index contributed by atoms with van der Waals surface area (Å²) in [6.45, 7) is 1.53. The maximum atomic E-state index is 6.63. The first-order chi connectivity index (χ1) is 19.8. The summed E-state index contributed by atoms with van der Waals surface area (Å²) in [7, 11) is -0.430. The topological polar surface area (TPSA) is 18.5 Å². The summed E-state index contributed by atoms with van der Waals surface area (Å²) in [5.41, 5.74) is 6.99. The van der Waals surface area contributed by atoms with Crippen LogP contribution in [0.2, 0.25) is 0 Å². The van der Waals surface area contributed by atoms with Gasteiger partial charge in [-0.3, -0.25) is 0 Å². The Labute approximate surface area is 242 Å². The highest BCUT2D eigenvalue weighted by molar-refractivity contribution is 7.67. The summed E-state index contributed by atoms with van der Waals surface area (Å²) >= 11 is 0. The summed E-state index contributed by atoms with van der Waals surface area (Å²) in [5.74, 6) is 1.21. The normalized spacial score (nSPS) is 27.6. The van der Waals surface area contributed by atoms with Gasteiger partial charge in [-0.15, -0.1) is 0 Å². The van der Waals surface area contributed by atoms with E-state index in [9.17, 15) is 0 Å². The van der Waals surface area contributed by atoms with Gasteiger partial charge in [0, 0.05) is 12.8 Å². The average Bonchev–Trinajstić information content (AvgIpc) is 3.49. The highest BCUT2D eigenvalue weighted by atomic mass is 31.1. The first kappa shape index (κ1) is 26.9. The Balaban J connectivity index is 1.44. The molecule has 2 heterocycles. The maximum Gasteiger partial charge on any atom is 0.169 e. The minimum absolute atomic E-state index is 0.350. The lowest BCUT2D eigenvalue weighted by Crippen LogP contribution is -2.49. The van der Waals surface area contributed by atoms with Gasteiger partial charge in [-0.2, -0.15) is 0 Å². The third-order valence-electron chi connectivity index (χ3n) is 10.4. The molecule has 0 amide bonds. The number of hydrogen-bond donors (Lipinski definition) is 0. The van der Waals surface area contributed by atoms with E-state index in [1.165, 1.54) is 86.5 Å². The molecule has 4 fully saturated rings. The van der Waals surface area contributed by atoms with Crippen LogP contribution in [-0.4, -0.2) is 30.3 Å². The standard InChI is InChI=1S/C37H45O2P/c1-5-14-28(15-6-1)32-22-13-23-33(29-16-7-2-8-17-29)36(32)40-34(30-18-9-3-10-19-30)26-37(38-24-25-39-37)27-35(40)31-20-11-4-12-21-31/h1-2,5-8,13-17,22-23,30-31,34-35H,3-4,9-12,18-21,24-27H2. The van der Waals surface area contributed by atoms with Crippen molar-refractivity contribution >= 4 is 13.2 Å². The lowest BCUT2D eigenvalue weighted by Gasteiger charge is -2.53. The molecule has 0 radical (unpaired) electrons. The molecule has 1 spiro atoms. The van der Waals surface area contributed by atoms with Crippen LogP contribution in [0, 0.1) is 11.8 Å². The fourth-order valence-corrected chi connectivity index (χ4v) is 13.1. The van der Waals surface area contributed by atoms with Gasteiger partial charge in [0.15, 0.2) is 5.79 Å². The quantitative estimate of drug-likeness (QED) is 0.293. The molecule has 7 rings (SSSR count). The van der Waals surface area contributed by atoms with Gasteiger partial charge < -0.3 is 9.47 Å². The van der Waals surface area contributed by atoms with Crippen molar-refractivity contribution in [3.63, 3.8) is 0 Å². The van der Waals surface area contributed by atoms with E-state index in [-0.39, 0.29) is 5.79 Å². The smallest absolute Gasteiger partial charge is 0.169 e. The van der Waals surface area contributed by atoms with Crippen LogP contribution >= 0.6 is 7.92 Å². The van der Waals surface area contributed by atoms with Crippen LogP contribution in [-0.2, 0) is 9.47 Å². The summed E-state index contributed by atoms with van der Waals surface area (Å²) in [6.07, 6.45) is 16.1. The number of hydrogen-bond acceptors (Lipinski definition) is 2. The first-order valence-corrected chi connectivity index (χ1v) is 17.6. The molecule has 2 nitrogen and oxygen atoms in total. The third-order valence-corrected chi connectivity index (χ3v) is 14.1. The van der Waals surface area contributed by atoms with Gasteiger partial charge in [0.25, 0.3) is 0 Å². The molecule has 2 saturated carbocycles. The molecule has 2 unspecified atom stereocenters. The SMILES string of the molecule is c1ccc(-c2cccc(-c3ccccc3)c2P2C(C3CCCCC3)CC3(CC2C2CCCCC2)OCCO3)cc1. The molecule has 3 aromatic carbocycles. The van der Waals surface area contributed by atoms with Crippen LogP contribution in [0.5, 0.6) is 0 Å². The molecule has 0 bridgehead atoms. The van der Waals surface area contributed by atoms with Crippen LogP contribution in [0.3, 0.4) is 0 Å². The Morgan fingerprint density at radius 2 is 0.975 bits per heavy atom. The van der Waals surface area contributed by atoms with Gasteiger partial charge in [-0.1, -0.05) is 125 Å². The molecular weight excluding hydrogens is 507 g/mol. The summed E-state index contributed by atoms with van der Waals surface area (Å²) < 4.78 is 13.3. The lowest BCUT2D eigenvalue weighted by molar-refractivity contribution is -0.174. The molecule has 2 saturated heterocycles. The monoisotopic (exact) mass is 552 g/mol. The van der Waals surface area contributed by atoms with Crippen LogP contribution in [0.15, 0.2) is 78.9 Å². The predicted molar refractivity (Wildman–Crippen MR) is 168 cm³/mol. The fraction of sp³-hybridized carbons (Fsp3) is 0.514. The third kappa shape index (κ3) is 5.33. The molecular formula is C37H45O2P. The van der Waals surface area contributed by atoms with E-state index in [4.69, 9.17) is 9.47 Å². The number of rotatable bonds is 5. The molecule has 0 N–H and O–H groups in total. The van der Waals surface area contributed by atoms with Crippen LogP contribution < -0.4 is 5.30 Å². The predicted octanol–water partition coefficient (Wildman–Crippen LogP) is 9.56. The van der Waals surface area contributed by atoms with Crippen molar-refractivity contribution in [3.8, 4) is 22.3 Å². The average molecular weight is 553 g/mol. The van der Waals surface area contributed by atoms with Gasteiger partial charge in [0.05, 0.1) is 13.2 Å². The zero-order valence-electron chi connectivity index (χ0n) is 24.0. The van der Waals surface area contributed by atoms with Crippen molar-refractivity contribution in [2.75, 3.05) is 13.2 Å². The Kier molecular flexibility index (Phi) is 8.12. The molecule has 210 valence electrons. The van der Waals surface area contributed by atoms with E-state index in [1.54, 1.807) is 5.30 Å². The highest BCUT2D eigenvalue weighted by Crippen LogP contribution is 2.65. The Morgan fingerprint density at radius 3 is 1.43 bits per heavy atom. The zero-order chi connectivity index (χ0) is 26.8. The second kappa shape index (κ2) is 12.1. The summed E-state index contributed by atoms with van der Waals surface area (Å²) in [4.78, 5) is 0. The molecule has 3 heteroatoms. The van der Waals surface area contributed by atoms with Crippen LogP contribution in [0.25, 0.3) is 22.3 Å². The second-order valence-corrected chi connectivity index (χ2v) is 15.4. The number of benzene rings is 3. The van der Waals surface area contributed by atoms with Crippen molar-refractivity contribution in [2.45, 2.75) is 94.2 Å². The molecule has 2 aliphatic carbocycles. The molecule has 2 atom stereocenters. The molecule has 4 aliphatic rings. The second-order valence-electron chi connectivity index (χ2n) is 12.8. The van der Waals surface area contributed by atoms with E-state index in [2.05, 4.69) is 78.9 Å². The van der Waals surface area contributed by atoms with Gasteiger partial charge in [-0.25, -0.2) is 0 Å². The van der Waals surface area contributed by atoms with E-state index in [0.717, 1.165) is 37.9 Å². The van der Waals surface area contributed by atoms with Gasteiger partial charge in [0.1, 0.15) is 0 Å². The van der Waals surface area contributed by atoms with E-state index in [0.29, 0.717) is 11.3 Å². The maximum absolute atomic E-state index is 6.63. The van der Waals surface area contributed by atoms with Crippen molar-refractivity contribution in [1.82, 2.24) is 0 Å². The van der Waals surface area contributed by atoms with Crippen LogP contribution in [0.1, 0.15) is 77.0 Å². The number of ether oxygens (including phenoxy) is 2. The van der Waals surface area contributed by atoms with Crippen molar-refractivity contribution in [1.29, 1.82) is 0 Å². The van der Waals surface area contributed by atoms with Gasteiger partial charge in [0.2, 0.25) is 0 Å². The molecule has 3 aromatic rings. The lowest BCUT2D eigenvalue weighted by atomic mass is 9.81. The van der Waals surface area contributed by atoms with Crippen LogP contribution in [0.4, 0.5) is 0 Å². The van der Waals surface area contributed by atoms with Crippen molar-refractivity contribution < 1.29 is 9.47 Å². The molecule has 40 heavy (non-hydrogen) atoms. The highest BCUT2D eigenvalue weighted by Gasteiger charge is 2.54. The Bertz CT molecular complexity index is 1150. The van der Waals surface area contributed by atoms with E-state index in [1.807, 2.05) is 0 Å². The first-order valence-electron chi connectivity index (χ1n) is 16.1. The fourth-order valence-electron chi connectivity index (χ4n) is 8.58. The van der Waals surface area contributed by atoms with Gasteiger partial charge >= 0.3 is 0 Å². The van der Waals surface area contributed by atoms with Crippen molar-refractivity contribution in [2.24, 2.45) is 11.8 Å². The Hall–Kier alpha value is -1.99. The molecule has 2 aliphatic heterocycles. The largest absolute Gasteiger partial charge is 0.347 e. The zero-order valence-corrected chi connectivity index (χ0v) is 24.9. The summed E-state index contributed by atoms with van der Waals surface area (Å²) in [5, 5.41) is 1.67.